The largest absolute Gasteiger partial charge is 0.444 e. The van der Waals surface area contributed by atoms with Crippen LogP contribution in [0, 0.1) is 11.8 Å². The summed E-state index contributed by atoms with van der Waals surface area (Å²) in [5, 5.41) is 13.0. The van der Waals surface area contributed by atoms with Gasteiger partial charge in [-0.3, -0.25) is 4.90 Å². The van der Waals surface area contributed by atoms with Gasteiger partial charge in [-0.1, -0.05) is 6.92 Å². The Hall–Kier alpha value is -0.810. The van der Waals surface area contributed by atoms with Crippen LogP contribution in [-0.4, -0.2) is 53.0 Å². The van der Waals surface area contributed by atoms with E-state index in [1.807, 2.05) is 27.7 Å². The summed E-state index contributed by atoms with van der Waals surface area (Å²) in [5.41, 5.74) is -0.482. The molecule has 0 aromatic heterocycles. The van der Waals surface area contributed by atoms with Gasteiger partial charge in [0.05, 0.1) is 6.10 Å². The van der Waals surface area contributed by atoms with Crippen molar-refractivity contribution in [3.63, 3.8) is 0 Å². The maximum absolute atomic E-state index is 12.0. The predicted octanol–water partition coefficient (Wildman–Crippen LogP) is 2.38. The maximum Gasteiger partial charge on any atom is 0.407 e. The Kier molecular flexibility index (Phi) is 5.38. The lowest BCUT2D eigenvalue weighted by Crippen LogP contribution is -2.58. The van der Waals surface area contributed by atoms with Gasteiger partial charge in [0.2, 0.25) is 0 Å². The highest BCUT2D eigenvalue weighted by molar-refractivity contribution is 5.68. The summed E-state index contributed by atoms with van der Waals surface area (Å²) in [6, 6.07) is 0.653. The quantitative estimate of drug-likeness (QED) is 0.840. The van der Waals surface area contributed by atoms with E-state index in [9.17, 15) is 9.90 Å². The second-order valence-electron chi connectivity index (χ2n) is 8.16. The fourth-order valence-corrected chi connectivity index (χ4v) is 3.56. The van der Waals surface area contributed by atoms with Gasteiger partial charge >= 0.3 is 6.09 Å². The van der Waals surface area contributed by atoms with Crippen LogP contribution in [0.2, 0.25) is 0 Å². The average molecular weight is 312 g/mol. The Morgan fingerprint density at radius 1 is 1.32 bits per heavy atom. The summed E-state index contributed by atoms with van der Waals surface area (Å²) in [5.74, 6) is 0.927. The molecule has 2 rings (SSSR count). The molecule has 5 unspecified atom stereocenters. The van der Waals surface area contributed by atoms with Crippen LogP contribution in [-0.2, 0) is 4.74 Å². The minimum absolute atomic E-state index is 0.0519. The molecule has 0 aromatic carbocycles. The van der Waals surface area contributed by atoms with Crippen molar-refractivity contribution in [2.75, 3.05) is 13.1 Å². The third-order valence-corrected chi connectivity index (χ3v) is 4.96. The molecule has 0 aromatic rings. The number of hydrogen-bond acceptors (Lipinski definition) is 4. The molecule has 0 spiro atoms. The molecule has 2 N–H and O–H groups in total. The van der Waals surface area contributed by atoms with E-state index in [1.54, 1.807) is 0 Å². The number of aliphatic hydroxyl groups is 1. The van der Waals surface area contributed by atoms with Crippen molar-refractivity contribution in [2.45, 2.75) is 77.7 Å². The molecule has 0 radical (unpaired) electrons. The molecule has 1 saturated carbocycles. The molecule has 5 atom stereocenters. The Balaban J connectivity index is 1.95. The molecule has 1 saturated heterocycles. The highest BCUT2D eigenvalue weighted by Gasteiger charge is 2.39. The first kappa shape index (κ1) is 17.5. The molecular weight excluding hydrogens is 280 g/mol. The standard InChI is InChI=1S/C17H32N2O3/c1-11-6-7-15(11)19-9-13(12(2)20)8-14(10-19)18-16(21)22-17(3,4)5/h11-15,20H,6-10H2,1-5H3,(H,18,21). The molecule has 1 aliphatic carbocycles. The van der Waals surface area contributed by atoms with Gasteiger partial charge in [0.15, 0.2) is 0 Å². The highest BCUT2D eigenvalue weighted by atomic mass is 16.6. The van der Waals surface area contributed by atoms with Crippen molar-refractivity contribution in [1.82, 2.24) is 10.2 Å². The smallest absolute Gasteiger partial charge is 0.407 e. The lowest BCUT2D eigenvalue weighted by molar-refractivity contribution is -0.0134. The first-order chi connectivity index (χ1) is 10.2. The van der Waals surface area contributed by atoms with Crippen LogP contribution in [0.3, 0.4) is 0 Å². The van der Waals surface area contributed by atoms with E-state index in [1.165, 1.54) is 12.8 Å². The first-order valence-electron chi connectivity index (χ1n) is 8.57. The number of ether oxygens (including phenoxy) is 1. The Morgan fingerprint density at radius 2 is 2.00 bits per heavy atom. The van der Waals surface area contributed by atoms with E-state index >= 15 is 0 Å². The summed E-state index contributed by atoms with van der Waals surface area (Å²) in [7, 11) is 0. The average Bonchev–Trinajstić information content (AvgIpc) is 2.34. The van der Waals surface area contributed by atoms with Crippen molar-refractivity contribution in [1.29, 1.82) is 0 Å². The number of alkyl carbamates (subject to hydrolysis) is 1. The van der Waals surface area contributed by atoms with E-state index in [2.05, 4.69) is 17.1 Å². The van der Waals surface area contributed by atoms with Gasteiger partial charge in [0, 0.05) is 25.2 Å². The van der Waals surface area contributed by atoms with Gasteiger partial charge in [-0.05, 0) is 58.8 Å². The molecule has 22 heavy (non-hydrogen) atoms. The number of hydrogen-bond donors (Lipinski definition) is 2. The van der Waals surface area contributed by atoms with Gasteiger partial charge in [0.1, 0.15) is 5.60 Å². The Morgan fingerprint density at radius 3 is 2.45 bits per heavy atom. The second-order valence-corrected chi connectivity index (χ2v) is 8.16. The number of carbonyl (C=O) groups excluding carboxylic acids is 1. The summed E-state index contributed by atoms with van der Waals surface area (Å²) < 4.78 is 5.36. The molecule has 128 valence electrons. The first-order valence-corrected chi connectivity index (χ1v) is 8.57. The third-order valence-electron chi connectivity index (χ3n) is 4.96. The fourth-order valence-electron chi connectivity index (χ4n) is 3.56. The van der Waals surface area contributed by atoms with E-state index in [0.29, 0.717) is 6.04 Å². The highest BCUT2D eigenvalue weighted by Crippen LogP contribution is 2.34. The van der Waals surface area contributed by atoms with Crippen molar-refractivity contribution in [2.24, 2.45) is 11.8 Å². The van der Waals surface area contributed by atoms with E-state index in [0.717, 1.165) is 25.4 Å². The number of amides is 1. The molecule has 5 heteroatoms. The zero-order valence-corrected chi connectivity index (χ0v) is 14.6. The van der Waals surface area contributed by atoms with Gasteiger partial charge in [-0.2, -0.15) is 0 Å². The van der Waals surface area contributed by atoms with Crippen molar-refractivity contribution < 1.29 is 14.6 Å². The van der Waals surface area contributed by atoms with Gasteiger partial charge in [0.25, 0.3) is 0 Å². The van der Waals surface area contributed by atoms with Crippen molar-refractivity contribution >= 4 is 6.09 Å². The predicted molar refractivity (Wildman–Crippen MR) is 86.7 cm³/mol. The molecule has 2 fully saturated rings. The molecule has 1 aliphatic heterocycles. The number of carbonyl (C=O) groups is 1. The number of nitrogens with zero attached hydrogens (tertiary/aromatic N) is 1. The SMILES string of the molecule is CC(O)C1CC(NC(=O)OC(C)(C)C)CN(C2CCC2C)C1. The Labute approximate surface area is 134 Å². The van der Waals surface area contributed by atoms with Gasteiger partial charge in [-0.25, -0.2) is 4.79 Å². The van der Waals surface area contributed by atoms with Crippen LogP contribution < -0.4 is 5.32 Å². The van der Waals surface area contributed by atoms with Gasteiger partial charge < -0.3 is 15.2 Å². The summed E-state index contributed by atoms with van der Waals surface area (Å²) in [4.78, 5) is 14.5. The number of likely N-dealkylation sites (tertiary alicyclic amines) is 1. The second kappa shape index (κ2) is 6.75. The van der Waals surface area contributed by atoms with Crippen LogP contribution in [0.15, 0.2) is 0 Å². The summed E-state index contributed by atoms with van der Waals surface area (Å²) >= 11 is 0. The molecular formula is C17H32N2O3. The van der Waals surface area contributed by atoms with Crippen LogP contribution in [0.1, 0.15) is 53.9 Å². The zero-order valence-electron chi connectivity index (χ0n) is 14.6. The van der Waals surface area contributed by atoms with Crippen molar-refractivity contribution in [3.05, 3.63) is 0 Å². The van der Waals surface area contributed by atoms with Gasteiger partial charge in [-0.15, -0.1) is 0 Å². The maximum atomic E-state index is 12.0. The normalized spacial score (nSPS) is 34.6. The molecule has 1 heterocycles. The van der Waals surface area contributed by atoms with Crippen LogP contribution in [0.4, 0.5) is 4.79 Å². The number of aliphatic hydroxyl groups excluding tert-OH is 1. The summed E-state index contributed by atoms with van der Waals surface area (Å²) in [6.07, 6.45) is 2.62. The minimum Gasteiger partial charge on any atom is -0.444 e. The van der Waals surface area contributed by atoms with E-state index in [4.69, 9.17) is 4.74 Å². The number of rotatable bonds is 3. The topological polar surface area (TPSA) is 61.8 Å². The third kappa shape index (κ3) is 4.59. The number of piperidine rings is 1. The lowest BCUT2D eigenvalue weighted by atomic mass is 9.77. The monoisotopic (exact) mass is 312 g/mol. The molecule has 1 amide bonds. The van der Waals surface area contributed by atoms with E-state index in [-0.39, 0.29) is 24.2 Å². The zero-order chi connectivity index (χ0) is 16.5. The molecule has 0 bridgehead atoms. The van der Waals surface area contributed by atoms with Crippen LogP contribution >= 0.6 is 0 Å². The Bertz CT molecular complexity index is 392. The molecule has 5 nitrogen and oxygen atoms in total. The van der Waals surface area contributed by atoms with Crippen LogP contribution in [0.5, 0.6) is 0 Å². The fraction of sp³-hybridized carbons (Fsp3) is 0.941. The molecule has 2 aliphatic rings. The number of nitrogens with one attached hydrogen (secondary N) is 1. The lowest BCUT2D eigenvalue weighted by Gasteiger charge is -2.49. The van der Waals surface area contributed by atoms with E-state index < -0.39 is 5.60 Å². The minimum atomic E-state index is -0.482. The van der Waals surface area contributed by atoms with Crippen LogP contribution in [0.25, 0.3) is 0 Å². The van der Waals surface area contributed by atoms with Crippen molar-refractivity contribution in [3.8, 4) is 0 Å². The summed E-state index contributed by atoms with van der Waals surface area (Å²) in [6.45, 7) is 11.5.